The normalized spacial score (nSPS) is 18.6. The van der Waals surface area contributed by atoms with Crippen LogP contribution in [0.5, 0.6) is 0 Å². The summed E-state index contributed by atoms with van der Waals surface area (Å²) in [7, 11) is 0. The summed E-state index contributed by atoms with van der Waals surface area (Å²) < 4.78 is 2.00. The summed E-state index contributed by atoms with van der Waals surface area (Å²) >= 11 is 0.977. The number of carbonyl (C=O) groups excluding carboxylic acids is 3. The first-order chi connectivity index (χ1) is 14.0. The minimum absolute atomic E-state index is 0.128. The average Bonchev–Trinajstić information content (AvgIpc) is 3.42. The number of amides is 3. The molecule has 0 radical (unpaired) electrons. The first-order valence-corrected chi connectivity index (χ1v) is 11.0. The molecule has 3 heterocycles. The van der Waals surface area contributed by atoms with Gasteiger partial charge in [0, 0.05) is 36.8 Å². The Morgan fingerprint density at radius 2 is 1.93 bits per heavy atom. The van der Waals surface area contributed by atoms with Gasteiger partial charge in [0.15, 0.2) is 0 Å². The number of aromatic nitrogens is 1. The van der Waals surface area contributed by atoms with Crippen LogP contribution in [0, 0.1) is 0 Å². The van der Waals surface area contributed by atoms with Gasteiger partial charge < -0.3 is 9.47 Å². The van der Waals surface area contributed by atoms with E-state index in [9.17, 15) is 14.4 Å². The molecule has 0 saturated carbocycles. The largest absolute Gasteiger partial charge is 0.341 e. The minimum atomic E-state index is -0.247. The number of fused-ring (bicyclic) bond motifs is 1. The number of hydrogen-bond donors (Lipinski definition) is 0. The molecular formula is C22H25N3O3S. The zero-order valence-electron chi connectivity index (χ0n) is 16.8. The van der Waals surface area contributed by atoms with E-state index in [2.05, 4.69) is 13.0 Å². The molecule has 4 rings (SSSR count). The van der Waals surface area contributed by atoms with Crippen LogP contribution in [0.25, 0.3) is 17.0 Å². The van der Waals surface area contributed by atoms with Gasteiger partial charge in [0.1, 0.15) is 6.54 Å². The van der Waals surface area contributed by atoms with Crippen LogP contribution >= 0.6 is 11.8 Å². The van der Waals surface area contributed by atoms with Gasteiger partial charge in [-0.25, -0.2) is 0 Å². The lowest BCUT2D eigenvalue weighted by Gasteiger charge is -2.16. The third kappa shape index (κ3) is 3.59. The lowest BCUT2D eigenvalue weighted by Crippen LogP contribution is -2.30. The van der Waals surface area contributed by atoms with E-state index in [0.29, 0.717) is 11.4 Å². The monoisotopic (exact) mass is 411 g/mol. The van der Waals surface area contributed by atoms with Crippen molar-refractivity contribution in [2.45, 2.75) is 39.7 Å². The highest BCUT2D eigenvalue weighted by atomic mass is 32.2. The molecule has 1 aromatic heterocycles. The first-order valence-electron chi connectivity index (χ1n) is 10.2. The fraction of sp³-hybridized carbons (Fsp3) is 0.409. The van der Waals surface area contributed by atoms with E-state index in [1.54, 1.807) is 13.0 Å². The van der Waals surface area contributed by atoms with Gasteiger partial charge in [-0.1, -0.05) is 25.1 Å². The number of nitrogens with zero attached hydrogens (tertiary/aromatic N) is 3. The highest BCUT2D eigenvalue weighted by Crippen LogP contribution is 2.34. The summed E-state index contributed by atoms with van der Waals surface area (Å²) in [6, 6.07) is 6.10. The second kappa shape index (κ2) is 8.06. The van der Waals surface area contributed by atoms with Crippen LogP contribution < -0.4 is 0 Å². The molecule has 2 aromatic rings. The van der Waals surface area contributed by atoms with Gasteiger partial charge in [-0.15, -0.1) is 0 Å². The van der Waals surface area contributed by atoms with Crippen LogP contribution in [-0.4, -0.2) is 51.1 Å². The molecule has 29 heavy (non-hydrogen) atoms. The number of likely N-dealkylation sites (N-methyl/N-ethyl adjacent to an activating group) is 1. The molecule has 2 saturated heterocycles. The van der Waals surface area contributed by atoms with Gasteiger partial charge in [-0.2, -0.15) is 0 Å². The maximum atomic E-state index is 12.8. The molecule has 0 spiro atoms. The van der Waals surface area contributed by atoms with Crippen LogP contribution in [0.1, 0.15) is 37.8 Å². The summed E-state index contributed by atoms with van der Waals surface area (Å²) in [6.45, 7) is 6.21. The maximum Gasteiger partial charge on any atom is 0.293 e. The van der Waals surface area contributed by atoms with E-state index < -0.39 is 0 Å². The molecular weight excluding hydrogens is 386 g/mol. The van der Waals surface area contributed by atoms with E-state index in [0.717, 1.165) is 66.1 Å². The van der Waals surface area contributed by atoms with Gasteiger partial charge in [0.05, 0.1) is 10.4 Å². The number of para-hydroxylation sites is 1. The molecule has 0 unspecified atom stereocenters. The summed E-state index contributed by atoms with van der Waals surface area (Å²) in [6.07, 6.45) is 6.72. The minimum Gasteiger partial charge on any atom is -0.341 e. The van der Waals surface area contributed by atoms with E-state index >= 15 is 0 Å². The van der Waals surface area contributed by atoms with Gasteiger partial charge in [-0.3, -0.25) is 19.3 Å². The van der Waals surface area contributed by atoms with Crippen LogP contribution in [0.3, 0.4) is 0 Å². The Bertz CT molecular complexity index is 1020. The fourth-order valence-electron chi connectivity index (χ4n) is 4.12. The Balaban J connectivity index is 1.75. The lowest BCUT2D eigenvalue weighted by atomic mass is 10.1. The Morgan fingerprint density at radius 1 is 1.17 bits per heavy atom. The number of benzene rings is 1. The van der Waals surface area contributed by atoms with Crippen molar-refractivity contribution in [3.05, 3.63) is 40.4 Å². The smallest absolute Gasteiger partial charge is 0.293 e. The lowest BCUT2D eigenvalue weighted by molar-refractivity contribution is -0.130. The number of hydrogen-bond acceptors (Lipinski definition) is 4. The number of likely N-dealkylation sites (tertiary alicyclic amines) is 1. The van der Waals surface area contributed by atoms with Crippen molar-refractivity contribution in [1.29, 1.82) is 0 Å². The zero-order valence-corrected chi connectivity index (χ0v) is 17.6. The maximum absolute atomic E-state index is 12.8. The fourth-order valence-corrected chi connectivity index (χ4v) is 5.01. The number of aryl methyl sites for hydroxylation is 1. The molecule has 2 aliphatic rings. The number of thioether (sulfide) groups is 1. The van der Waals surface area contributed by atoms with E-state index in [1.807, 2.05) is 27.8 Å². The summed E-state index contributed by atoms with van der Waals surface area (Å²) in [5, 5.41) is 0.771. The Labute approximate surface area is 174 Å². The van der Waals surface area contributed by atoms with E-state index in [4.69, 9.17) is 0 Å². The number of carbonyl (C=O) groups is 3. The van der Waals surface area contributed by atoms with Crippen LogP contribution in [-0.2, 0) is 22.6 Å². The molecule has 7 heteroatoms. The highest BCUT2D eigenvalue weighted by Gasteiger charge is 2.34. The van der Waals surface area contributed by atoms with Crippen molar-refractivity contribution in [3.63, 3.8) is 0 Å². The number of rotatable bonds is 5. The topological polar surface area (TPSA) is 62.6 Å². The number of imide groups is 1. The Kier molecular flexibility index (Phi) is 5.50. The molecule has 0 N–H and O–H groups in total. The van der Waals surface area contributed by atoms with Crippen molar-refractivity contribution < 1.29 is 14.4 Å². The second-order valence-corrected chi connectivity index (χ2v) is 8.39. The summed E-state index contributed by atoms with van der Waals surface area (Å²) in [5.74, 6) is -0.119. The summed E-state index contributed by atoms with van der Waals surface area (Å²) in [4.78, 5) is 40.9. The molecule has 0 aliphatic carbocycles. The predicted molar refractivity (Wildman–Crippen MR) is 115 cm³/mol. The third-order valence-corrected chi connectivity index (χ3v) is 6.54. The van der Waals surface area contributed by atoms with Gasteiger partial charge >= 0.3 is 0 Å². The molecule has 6 nitrogen and oxygen atoms in total. The van der Waals surface area contributed by atoms with Crippen molar-refractivity contribution in [3.8, 4) is 0 Å². The Morgan fingerprint density at radius 3 is 2.59 bits per heavy atom. The highest BCUT2D eigenvalue weighted by molar-refractivity contribution is 8.18. The Hall–Kier alpha value is -2.54. The van der Waals surface area contributed by atoms with Crippen LogP contribution in [0.15, 0.2) is 29.3 Å². The third-order valence-electron chi connectivity index (χ3n) is 5.63. The van der Waals surface area contributed by atoms with E-state index in [-0.39, 0.29) is 23.6 Å². The molecule has 2 fully saturated rings. The predicted octanol–water partition coefficient (Wildman–Crippen LogP) is 3.88. The SMILES string of the molecule is CCc1cccc2c(C=C3SC(=O)N(CC)C3=O)cn(CC(=O)N3CCCC3)c12. The quantitative estimate of drug-likeness (QED) is 0.701. The van der Waals surface area contributed by atoms with Crippen LogP contribution in [0.2, 0.25) is 0 Å². The molecule has 3 amide bonds. The standard InChI is InChI=1S/C22H25N3O3S/c1-3-15-8-7-9-17-16(12-18-21(27)25(4-2)22(28)29-18)13-24(20(15)17)14-19(26)23-10-5-6-11-23/h7-9,12-13H,3-6,10-11,14H2,1-2H3. The molecule has 0 bridgehead atoms. The van der Waals surface area contributed by atoms with Gasteiger partial charge in [0.2, 0.25) is 5.91 Å². The van der Waals surface area contributed by atoms with Crippen molar-refractivity contribution in [1.82, 2.24) is 14.4 Å². The average molecular weight is 412 g/mol. The van der Waals surface area contributed by atoms with Crippen molar-refractivity contribution >= 4 is 45.8 Å². The van der Waals surface area contributed by atoms with E-state index in [1.165, 1.54) is 4.90 Å². The zero-order chi connectivity index (χ0) is 20.5. The second-order valence-electron chi connectivity index (χ2n) is 7.39. The van der Waals surface area contributed by atoms with Crippen molar-refractivity contribution in [2.24, 2.45) is 0 Å². The van der Waals surface area contributed by atoms with Crippen LogP contribution in [0.4, 0.5) is 4.79 Å². The molecule has 152 valence electrons. The molecule has 0 atom stereocenters. The van der Waals surface area contributed by atoms with Gasteiger partial charge in [-0.05, 0) is 49.6 Å². The molecule has 1 aromatic carbocycles. The van der Waals surface area contributed by atoms with Gasteiger partial charge in [0.25, 0.3) is 11.1 Å². The van der Waals surface area contributed by atoms with Crippen molar-refractivity contribution in [2.75, 3.05) is 19.6 Å². The first kappa shape index (κ1) is 19.8. The summed E-state index contributed by atoms with van der Waals surface area (Å²) in [5.41, 5.74) is 3.06. The molecule has 2 aliphatic heterocycles.